The largest absolute Gasteiger partial charge is 0.460 e. The van der Waals surface area contributed by atoms with Gasteiger partial charge in [-0.2, -0.15) is 9.59 Å². The molecule has 7 nitrogen and oxygen atoms in total. The van der Waals surface area contributed by atoms with Gasteiger partial charge in [0.25, 0.3) is 0 Å². The molecule has 1 aliphatic carbocycles. The molecule has 1 atom stereocenters. The van der Waals surface area contributed by atoms with Crippen LogP contribution in [-0.4, -0.2) is 39.7 Å². The predicted molar refractivity (Wildman–Crippen MR) is 79.3 cm³/mol. The van der Waals surface area contributed by atoms with Crippen LogP contribution in [0.25, 0.3) is 0 Å². The molecule has 1 aliphatic rings. The summed E-state index contributed by atoms with van der Waals surface area (Å²) in [4.78, 5) is 36.4. The first-order valence-electron chi connectivity index (χ1n) is 7.67. The third kappa shape index (κ3) is 7.13. The molecule has 7 heteroatoms. The molecule has 1 aromatic heterocycles. The summed E-state index contributed by atoms with van der Waals surface area (Å²) in [6.07, 6.45) is 7.60. The van der Waals surface area contributed by atoms with E-state index in [-0.39, 0.29) is 36.5 Å². The number of carbonyl (C=O) groups is 1. The molecular weight excluding hydrogens is 300 g/mol. The Bertz CT molecular complexity index is 494. The molecular formula is C16H22N2O5. The Morgan fingerprint density at radius 2 is 1.87 bits per heavy atom. The zero-order valence-electron chi connectivity index (χ0n) is 13.2. The van der Waals surface area contributed by atoms with Crippen molar-refractivity contribution in [1.82, 2.24) is 9.97 Å². The molecule has 1 N–H and O–H groups in total. The normalized spacial score (nSPS) is 21.3. The van der Waals surface area contributed by atoms with E-state index in [0.717, 1.165) is 25.7 Å². The molecule has 1 heterocycles. The number of aromatic nitrogens is 2. The molecule has 0 bridgehead atoms. The quantitative estimate of drug-likeness (QED) is 0.844. The van der Waals surface area contributed by atoms with E-state index in [4.69, 9.17) is 19.4 Å². The van der Waals surface area contributed by atoms with Gasteiger partial charge in [0.2, 0.25) is 0 Å². The van der Waals surface area contributed by atoms with Crippen molar-refractivity contribution >= 4 is 11.9 Å². The maximum absolute atomic E-state index is 12.1. The van der Waals surface area contributed by atoms with Crippen molar-refractivity contribution in [2.45, 2.75) is 45.1 Å². The molecule has 23 heavy (non-hydrogen) atoms. The standard InChI is InChI=1S/C15H22N2O3.CO2/c1-11(10-18)9-14(19)12-3-5-13(6-4-12)20-15-16-7-2-8-17-15;2-1-3/h2,7-8,11-13,18H,3-6,9-10H2,1H3;. The lowest BCUT2D eigenvalue weighted by Crippen LogP contribution is -2.29. The van der Waals surface area contributed by atoms with E-state index in [9.17, 15) is 4.79 Å². The van der Waals surface area contributed by atoms with Crippen LogP contribution in [0.3, 0.4) is 0 Å². The first-order chi connectivity index (χ1) is 11.1. The molecule has 0 aliphatic heterocycles. The highest BCUT2D eigenvalue weighted by molar-refractivity contribution is 5.81. The maximum Gasteiger partial charge on any atom is 0.373 e. The Kier molecular flexibility index (Phi) is 8.72. The molecule has 0 spiro atoms. The molecule has 0 amide bonds. The molecule has 1 fully saturated rings. The predicted octanol–water partition coefficient (Wildman–Crippen LogP) is 1.42. The summed E-state index contributed by atoms with van der Waals surface area (Å²) in [7, 11) is 0. The van der Waals surface area contributed by atoms with E-state index in [1.807, 2.05) is 6.92 Å². The van der Waals surface area contributed by atoms with Gasteiger partial charge in [-0.15, -0.1) is 0 Å². The number of aliphatic hydroxyl groups excluding tert-OH is 1. The molecule has 126 valence electrons. The van der Waals surface area contributed by atoms with E-state index in [1.54, 1.807) is 18.5 Å². The minimum absolute atomic E-state index is 0.0641. The van der Waals surface area contributed by atoms with Crippen molar-refractivity contribution in [1.29, 1.82) is 0 Å². The second-order valence-corrected chi connectivity index (χ2v) is 5.66. The van der Waals surface area contributed by atoms with Crippen LogP contribution in [0.2, 0.25) is 0 Å². The van der Waals surface area contributed by atoms with Crippen molar-refractivity contribution in [2.75, 3.05) is 6.61 Å². The van der Waals surface area contributed by atoms with Crippen molar-refractivity contribution in [2.24, 2.45) is 11.8 Å². The van der Waals surface area contributed by atoms with Gasteiger partial charge in [0.05, 0.1) is 0 Å². The summed E-state index contributed by atoms with van der Waals surface area (Å²) in [5.41, 5.74) is 0. The van der Waals surface area contributed by atoms with Crippen LogP contribution in [-0.2, 0) is 14.4 Å². The van der Waals surface area contributed by atoms with E-state index in [1.165, 1.54) is 0 Å². The van der Waals surface area contributed by atoms with Crippen LogP contribution in [0, 0.1) is 11.8 Å². The smallest absolute Gasteiger partial charge is 0.373 e. The van der Waals surface area contributed by atoms with Gasteiger partial charge in [0.1, 0.15) is 11.9 Å². The summed E-state index contributed by atoms with van der Waals surface area (Å²) in [5.74, 6) is 0.468. The fourth-order valence-corrected chi connectivity index (χ4v) is 2.57. The number of Topliss-reactive ketones (excluding diaryl/α,β-unsaturated/α-hetero) is 1. The maximum atomic E-state index is 12.1. The van der Waals surface area contributed by atoms with Crippen molar-refractivity contribution < 1.29 is 24.2 Å². The molecule has 1 unspecified atom stereocenters. The summed E-state index contributed by atoms with van der Waals surface area (Å²) >= 11 is 0. The number of hydrogen-bond donors (Lipinski definition) is 1. The Morgan fingerprint density at radius 3 is 2.39 bits per heavy atom. The van der Waals surface area contributed by atoms with Crippen molar-refractivity contribution in [3.05, 3.63) is 18.5 Å². The summed E-state index contributed by atoms with van der Waals surface area (Å²) in [5, 5.41) is 9.00. The lowest BCUT2D eigenvalue weighted by Gasteiger charge is -2.27. The first-order valence-corrected chi connectivity index (χ1v) is 7.67. The zero-order valence-corrected chi connectivity index (χ0v) is 13.2. The summed E-state index contributed by atoms with van der Waals surface area (Å²) in [6.45, 7) is 1.98. The third-order valence-electron chi connectivity index (χ3n) is 3.81. The second-order valence-electron chi connectivity index (χ2n) is 5.66. The van der Waals surface area contributed by atoms with Crippen LogP contribution >= 0.6 is 0 Å². The van der Waals surface area contributed by atoms with Gasteiger partial charge in [-0.1, -0.05) is 6.92 Å². The Morgan fingerprint density at radius 1 is 1.30 bits per heavy atom. The van der Waals surface area contributed by atoms with Gasteiger partial charge in [0, 0.05) is 31.3 Å². The van der Waals surface area contributed by atoms with Crippen LogP contribution in [0.1, 0.15) is 39.0 Å². The number of ketones is 1. The van der Waals surface area contributed by atoms with Gasteiger partial charge < -0.3 is 9.84 Å². The van der Waals surface area contributed by atoms with Crippen LogP contribution in [0.4, 0.5) is 0 Å². The average molecular weight is 322 g/mol. The Labute approximate surface area is 135 Å². The van der Waals surface area contributed by atoms with Crippen LogP contribution in [0.15, 0.2) is 18.5 Å². The molecule has 1 saturated carbocycles. The average Bonchev–Trinajstić information content (AvgIpc) is 2.57. The minimum atomic E-state index is 0.0641. The second kappa shape index (κ2) is 10.6. The van der Waals surface area contributed by atoms with E-state index in [2.05, 4.69) is 9.97 Å². The zero-order chi connectivity index (χ0) is 17.1. The van der Waals surface area contributed by atoms with Crippen LogP contribution < -0.4 is 4.74 Å². The highest BCUT2D eigenvalue weighted by Gasteiger charge is 2.28. The van der Waals surface area contributed by atoms with Crippen molar-refractivity contribution in [3.8, 4) is 6.01 Å². The molecule has 2 rings (SSSR count). The molecule has 1 aromatic rings. The molecule has 0 saturated heterocycles. The van der Waals surface area contributed by atoms with Gasteiger partial charge in [-0.3, -0.25) is 4.79 Å². The lowest BCUT2D eigenvalue weighted by atomic mass is 9.82. The van der Waals surface area contributed by atoms with Gasteiger partial charge in [0.15, 0.2) is 0 Å². The van der Waals surface area contributed by atoms with E-state index >= 15 is 0 Å². The number of nitrogens with zero attached hydrogens (tertiary/aromatic N) is 2. The monoisotopic (exact) mass is 322 g/mol. The fourth-order valence-electron chi connectivity index (χ4n) is 2.57. The highest BCUT2D eigenvalue weighted by atomic mass is 16.5. The highest BCUT2D eigenvalue weighted by Crippen LogP contribution is 2.28. The van der Waals surface area contributed by atoms with E-state index < -0.39 is 0 Å². The van der Waals surface area contributed by atoms with Crippen molar-refractivity contribution in [3.63, 3.8) is 0 Å². The minimum Gasteiger partial charge on any atom is -0.460 e. The van der Waals surface area contributed by atoms with Crippen LogP contribution in [0.5, 0.6) is 6.01 Å². The Hall–Kier alpha value is -2.11. The van der Waals surface area contributed by atoms with E-state index in [0.29, 0.717) is 12.4 Å². The summed E-state index contributed by atoms with van der Waals surface area (Å²) < 4.78 is 5.71. The SMILES string of the molecule is CC(CO)CC(=O)C1CCC(Oc2ncccn2)CC1.O=C=O. The number of ether oxygens (including phenoxy) is 1. The topological polar surface area (TPSA) is 106 Å². The summed E-state index contributed by atoms with van der Waals surface area (Å²) in [6, 6.07) is 2.17. The molecule has 0 radical (unpaired) electrons. The molecule has 0 aromatic carbocycles. The van der Waals surface area contributed by atoms with Gasteiger partial charge in [-0.25, -0.2) is 9.97 Å². The number of rotatable bonds is 6. The lowest BCUT2D eigenvalue weighted by molar-refractivity contribution is -0.191. The number of hydrogen-bond acceptors (Lipinski definition) is 7. The number of aliphatic hydroxyl groups is 1. The number of carbonyl (C=O) groups excluding carboxylic acids is 3. The fraction of sp³-hybridized carbons (Fsp3) is 0.625. The van der Waals surface area contributed by atoms with Gasteiger partial charge in [-0.05, 0) is 37.7 Å². The van der Waals surface area contributed by atoms with Gasteiger partial charge >= 0.3 is 12.2 Å². The Balaban J connectivity index is 0.000000816. The first kappa shape index (κ1) is 18.9. The third-order valence-corrected chi connectivity index (χ3v) is 3.81.